The van der Waals surface area contributed by atoms with Gasteiger partial charge < -0.3 is 4.57 Å². The Labute approximate surface area is 136 Å². The third kappa shape index (κ3) is 2.12. The van der Waals surface area contributed by atoms with Gasteiger partial charge in [0.05, 0.1) is 11.2 Å². The fourth-order valence-corrected chi connectivity index (χ4v) is 3.31. The highest BCUT2D eigenvalue weighted by atomic mass is 127. The van der Waals surface area contributed by atoms with Gasteiger partial charge in [0.25, 0.3) is 0 Å². The Hall–Kier alpha value is -1.88. The van der Waals surface area contributed by atoms with E-state index in [9.17, 15) is 0 Å². The van der Waals surface area contributed by atoms with Gasteiger partial charge in [-0.1, -0.05) is 24.3 Å². The van der Waals surface area contributed by atoms with Gasteiger partial charge in [-0.05, 0) is 52.9 Å². The molecule has 0 spiro atoms. The molecule has 0 unspecified atom stereocenters. The normalized spacial score (nSPS) is 11.3. The molecule has 102 valence electrons. The van der Waals surface area contributed by atoms with Gasteiger partial charge in [0, 0.05) is 38.7 Å². The van der Waals surface area contributed by atoms with Crippen molar-refractivity contribution in [1.29, 1.82) is 0 Å². The van der Waals surface area contributed by atoms with E-state index in [-0.39, 0.29) is 0 Å². The molecule has 2 heterocycles. The molecule has 0 aliphatic carbocycles. The van der Waals surface area contributed by atoms with E-state index in [4.69, 9.17) is 4.98 Å². The molecular formula is C18H13IN2. The number of aromatic nitrogens is 2. The first-order valence-corrected chi connectivity index (χ1v) is 7.91. The first-order chi connectivity index (χ1) is 10.2. The van der Waals surface area contributed by atoms with Crippen LogP contribution in [0.25, 0.3) is 33.1 Å². The van der Waals surface area contributed by atoms with Gasteiger partial charge >= 0.3 is 0 Å². The van der Waals surface area contributed by atoms with E-state index in [0.29, 0.717) is 0 Å². The second kappa shape index (κ2) is 4.84. The van der Waals surface area contributed by atoms with Crippen LogP contribution in [0.15, 0.2) is 60.8 Å². The molecule has 0 radical (unpaired) electrons. The minimum Gasteiger partial charge on any atom is -0.350 e. The fourth-order valence-electron chi connectivity index (χ4n) is 2.79. The first-order valence-electron chi connectivity index (χ1n) is 6.83. The van der Waals surface area contributed by atoms with Crippen LogP contribution in [0.4, 0.5) is 0 Å². The maximum Gasteiger partial charge on any atom is 0.0731 e. The minimum absolute atomic E-state index is 1.03. The summed E-state index contributed by atoms with van der Waals surface area (Å²) in [5.74, 6) is 0. The van der Waals surface area contributed by atoms with Crippen molar-refractivity contribution in [1.82, 2.24) is 9.55 Å². The van der Waals surface area contributed by atoms with E-state index in [1.54, 1.807) is 0 Å². The molecule has 2 nitrogen and oxygen atoms in total. The van der Waals surface area contributed by atoms with Crippen LogP contribution in [-0.4, -0.2) is 9.55 Å². The van der Waals surface area contributed by atoms with E-state index in [0.717, 1.165) is 11.2 Å². The van der Waals surface area contributed by atoms with Crippen LogP contribution < -0.4 is 0 Å². The topological polar surface area (TPSA) is 17.8 Å². The van der Waals surface area contributed by atoms with Crippen molar-refractivity contribution < 1.29 is 0 Å². The summed E-state index contributed by atoms with van der Waals surface area (Å²) in [5, 5.41) is 2.43. The number of nitrogens with zero attached hydrogens (tertiary/aromatic N) is 2. The van der Waals surface area contributed by atoms with Crippen LogP contribution in [-0.2, 0) is 7.05 Å². The zero-order chi connectivity index (χ0) is 14.4. The number of aryl methyl sites for hydroxylation is 1. The number of hydrogen-bond donors (Lipinski definition) is 0. The summed E-state index contributed by atoms with van der Waals surface area (Å²) in [6.07, 6.45) is 2.16. The molecule has 0 amide bonds. The highest BCUT2D eigenvalue weighted by Crippen LogP contribution is 2.30. The molecule has 0 bridgehead atoms. The number of benzene rings is 2. The predicted octanol–water partition coefficient (Wildman–Crippen LogP) is 5.00. The summed E-state index contributed by atoms with van der Waals surface area (Å²) in [5.41, 5.74) is 4.49. The van der Waals surface area contributed by atoms with Crippen molar-refractivity contribution in [2.24, 2.45) is 7.05 Å². The Morgan fingerprint density at radius 2 is 1.86 bits per heavy atom. The standard InChI is InChI=1S/C18H13IN2/c1-21-11-15(14-4-2-3-5-18(14)21)17-8-6-12-10-13(19)7-9-16(12)20-17/h2-11H,1H3. The predicted molar refractivity (Wildman–Crippen MR) is 96.4 cm³/mol. The Morgan fingerprint density at radius 3 is 2.76 bits per heavy atom. The van der Waals surface area contributed by atoms with Crippen LogP contribution in [0.3, 0.4) is 0 Å². The average molecular weight is 384 g/mol. The zero-order valence-corrected chi connectivity index (χ0v) is 13.7. The third-order valence-electron chi connectivity index (χ3n) is 3.82. The van der Waals surface area contributed by atoms with Crippen molar-refractivity contribution in [2.45, 2.75) is 0 Å². The van der Waals surface area contributed by atoms with Crippen LogP contribution in [0.1, 0.15) is 0 Å². The molecule has 0 fully saturated rings. The lowest BCUT2D eigenvalue weighted by Crippen LogP contribution is -1.85. The maximum atomic E-state index is 4.83. The lowest BCUT2D eigenvalue weighted by Gasteiger charge is -2.03. The lowest BCUT2D eigenvalue weighted by atomic mass is 10.1. The SMILES string of the molecule is Cn1cc(-c2ccc3cc(I)ccc3n2)c2ccccc21. The van der Waals surface area contributed by atoms with E-state index >= 15 is 0 Å². The number of fused-ring (bicyclic) bond motifs is 2. The van der Waals surface area contributed by atoms with E-state index < -0.39 is 0 Å². The first kappa shape index (κ1) is 12.8. The Balaban J connectivity index is 1.98. The van der Waals surface area contributed by atoms with E-state index in [2.05, 4.69) is 95.0 Å². The maximum absolute atomic E-state index is 4.83. The summed E-state index contributed by atoms with van der Waals surface area (Å²) in [7, 11) is 2.08. The molecule has 21 heavy (non-hydrogen) atoms. The second-order valence-corrected chi connectivity index (χ2v) is 6.45. The highest BCUT2D eigenvalue weighted by molar-refractivity contribution is 14.1. The molecule has 2 aromatic heterocycles. The monoisotopic (exact) mass is 384 g/mol. The summed E-state index contributed by atoms with van der Waals surface area (Å²) in [6, 6.07) is 19.1. The second-order valence-electron chi connectivity index (χ2n) is 5.20. The largest absolute Gasteiger partial charge is 0.350 e. The number of para-hydroxylation sites is 1. The van der Waals surface area contributed by atoms with Crippen LogP contribution in [0, 0.1) is 3.57 Å². The van der Waals surface area contributed by atoms with Crippen LogP contribution in [0.5, 0.6) is 0 Å². The lowest BCUT2D eigenvalue weighted by molar-refractivity contribution is 0.969. The van der Waals surface area contributed by atoms with Crippen molar-refractivity contribution in [3.05, 3.63) is 64.4 Å². The fraction of sp³-hybridized carbons (Fsp3) is 0.0556. The van der Waals surface area contributed by atoms with Gasteiger partial charge in [0.2, 0.25) is 0 Å². The number of halogens is 1. The smallest absolute Gasteiger partial charge is 0.0731 e. The molecule has 0 aliphatic rings. The third-order valence-corrected chi connectivity index (χ3v) is 4.50. The van der Waals surface area contributed by atoms with Gasteiger partial charge in [-0.3, -0.25) is 0 Å². The zero-order valence-electron chi connectivity index (χ0n) is 11.5. The van der Waals surface area contributed by atoms with Gasteiger partial charge in [-0.15, -0.1) is 0 Å². The van der Waals surface area contributed by atoms with Gasteiger partial charge in [0.1, 0.15) is 0 Å². The summed E-state index contributed by atoms with van der Waals surface area (Å²) >= 11 is 2.33. The molecule has 0 aliphatic heterocycles. The van der Waals surface area contributed by atoms with Gasteiger partial charge in [0.15, 0.2) is 0 Å². The van der Waals surface area contributed by atoms with E-state index in [1.165, 1.54) is 25.4 Å². The molecule has 0 atom stereocenters. The van der Waals surface area contributed by atoms with Crippen molar-refractivity contribution in [3.8, 4) is 11.3 Å². The van der Waals surface area contributed by atoms with Crippen LogP contribution >= 0.6 is 22.6 Å². The minimum atomic E-state index is 1.03. The molecule has 0 N–H and O–H groups in total. The Kier molecular flexibility index (Phi) is 2.96. The van der Waals surface area contributed by atoms with Crippen molar-refractivity contribution in [2.75, 3.05) is 0 Å². The quantitative estimate of drug-likeness (QED) is 0.423. The summed E-state index contributed by atoms with van der Waals surface area (Å²) in [6.45, 7) is 0. The highest BCUT2D eigenvalue weighted by Gasteiger charge is 2.09. The van der Waals surface area contributed by atoms with Gasteiger partial charge in [-0.25, -0.2) is 4.98 Å². The van der Waals surface area contributed by atoms with Crippen molar-refractivity contribution in [3.63, 3.8) is 0 Å². The summed E-state index contributed by atoms with van der Waals surface area (Å²) < 4.78 is 3.39. The molecule has 4 aromatic rings. The van der Waals surface area contributed by atoms with Crippen molar-refractivity contribution >= 4 is 44.4 Å². The van der Waals surface area contributed by atoms with Crippen LogP contribution in [0.2, 0.25) is 0 Å². The van der Waals surface area contributed by atoms with Gasteiger partial charge in [-0.2, -0.15) is 0 Å². The Morgan fingerprint density at radius 1 is 1.00 bits per heavy atom. The Bertz CT molecular complexity index is 969. The molecule has 0 saturated heterocycles. The molecule has 4 rings (SSSR count). The molecule has 2 aromatic carbocycles. The number of hydrogen-bond acceptors (Lipinski definition) is 1. The molecule has 3 heteroatoms. The average Bonchev–Trinajstić information content (AvgIpc) is 2.84. The summed E-state index contributed by atoms with van der Waals surface area (Å²) in [4.78, 5) is 4.83. The number of rotatable bonds is 1. The number of pyridine rings is 1. The molecular weight excluding hydrogens is 371 g/mol. The van der Waals surface area contributed by atoms with E-state index in [1.807, 2.05) is 0 Å². The molecule has 0 saturated carbocycles.